The van der Waals surface area contributed by atoms with Gasteiger partial charge in [-0.2, -0.15) is 0 Å². The Morgan fingerprint density at radius 1 is 1.46 bits per heavy atom. The van der Waals surface area contributed by atoms with Crippen molar-refractivity contribution in [2.24, 2.45) is 0 Å². The van der Waals surface area contributed by atoms with Crippen LogP contribution in [0.25, 0.3) is 0 Å². The molecule has 1 amide bonds. The van der Waals surface area contributed by atoms with Crippen molar-refractivity contribution >= 4 is 12.7 Å². The second-order valence-electron chi connectivity index (χ2n) is 2.59. The van der Waals surface area contributed by atoms with E-state index in [0.717, 1.165) is 0 Å². The van der Waals surface area contributed by atoms with Crippen molar-refractivity contribution in [3.05, 3.63) is 0 Å². The zero-order chi connectivity index (χ0) is 10.3. The van der Waals surface area contributed by atoms with E-state index >= 15 is 0 Å². The van der Waals surface area contributed by atoms with Gasteiger partial charge in [0.25, 0.3) is 0 Å². The summed E-state index contributed by atoms with van der Waals surface area (Å²) in [7, 11) is 0. The molecule has 0 aromatic rings. The molecule has 0 aliphatic rings. The quantitative estimate of drug-likeness (QED) is 0.269. The minimum absolute atomic E-state index is 0.0194. The molecule has 13 heavy (non-hydrogen) atoms. The fourth-order valence-corrected chi connectivity index (χ4v) is 0.867. The topological polar surface area (TPSA) is 107 Å². The molecular formula is C7H13NO5. The Kier molecular flexibility index (Phi) is 5.20. The van der Waals surface area contributed by atoms with E-state index in [0.29, 0.717) is 6.29 Å². The van der Waals surface area contributed by atoms with Gasteiger partial charge in [-0.15, -0.1) is 0 Å². The van der Waals surface area contributed by atoms with Crippen LogP contribution in [-0.2, 0) is 9.59 Å². The number of aldehydes is 1. The Labute approximate surface area is 75.2 Å². The maximum Gasteiger partial charge on any atom is 0.209 e. The number of carbonyl (C=O) groups is 2. The van der Waals surface area contributed by atoms with Crippen LogP contribution >= 0.6 is 0 Å². The summed E-state index contributed by atoms with van der Waals surface area (Å²) in [6.45, 7) is -0.698. The second kappa shape index (κ2) is 5.63. The zero-order valence-corrected chi connectivity index (χ0v) is 7.01. The van der Waals surface area contributed by atoms with Crippen LogP contribution < -0.4 is 5.32 Å². The van der Waals surface area contributed by atoms with Gasteiger partial charge < -0.3 is 25.4 Å². The first-order valence-corrected chi connectivity index (χ1v) is 3.77. The molecule has 0 spiro atoms. The van der Waals surface area contributed by atoms with Crippen molar-refractivity contribution in [2.75, 3.05) is 6.61 Å². The molecular weight excluding hydrogens is 178 g/mol. The Hall–Kier alpha value is -0.980. The van der Waals surface area contributed by atoms with Gasteiger partial charge in [0.05, 0.1) is 6.61 Å². The molecule has 0 aromatic heterocycles. The minimum Gasteiger partial charge on any atom is -0.393 e. The Bertz CT molecular complexity index is 174. The molecule has 0 saturated carbocycles. The molecule has 6 heteroatoms. The van der Waals surface area contributed by atoms with Crippen LogP contribution in [0.15, 0.2) is 0 Å². The third-order valence-corrected chi connectivity index (χ3v) is 1.68. The van der Waals surface area contributed by atoms with Crippen molar-refractivity contribution in [2.45, 2.75) is 24.7 Å². The molecule has 0 aromatic carbocycles. The molecule has 0 aliphatic heterocycles. The number of rotatable bonds is 7. The van der Waals surface area contributed by atoms with E-state index in [9.17, 15) is 14.7 Å². The fraction of sp³-hybridized carbons (Fsp3) is 0.714. The molecule has 0 fully saturated rings. The summed E-state index contributed by atoms with van der Waals surface area (Å²) < 4.78 is 0. The maximum absolute atomic E-state index is 10.1. The molecule has 76 valence electrons. The normalized spacial score (nSPS) is 17.2. The van der Waals surface area contributed by atoms with Gasteiger partial charge in [-0.25, -0.2) is 0 Å². The molecule has 6 nitrogen and oxygen atoms in total. The molecule has 0 bridgehead atoms. The monoisotopic (exact) mass is 191 g/mol. The van der Waals surface area contributed by atoms with Crippen molar-refractivity contribution in [1.82, 2.24) is 5.32 Å². The number of aliphatic hydroxyl groups is 3. The first-order chi connectivity index (χ1) is 6.10. The number of nitrogens with one attached hydrogen (secondary N) is 1. The SMILES string of the molecule is O=CCC[C@@](O)(NC=O)[C@H](O)CO. The van der Waals surface area contributed by atoms with E-state index in [4.69, 9.17) is 10.2 Å². The van der Waals surface area contributed by atoms with Crippen LogP contribution in [0.2, 0.25) is 0 Å². The summed E-state index contributed by atoms with van der Waals surface area (Å²) >= 11 is 0. The van der Waals surface area contributed by atoms with E-state index in [1.165, 1.54) is 0 Å². The highest BCUT2D eigenvalue weighted by atomic mass is 16.4. The summed E-state index contributed by atoms with van der Waals surface area (Å²) in [5.41, 5.74) is -1.93. The van der Waals surface area contributed by atoms with Gasteiger partial charge in [-0.05, 0) is 0 Å². The first kappa shape index (κ1) is 12.0. The van der Waals surface area contributed by atoms with E-state index in [1.807, 2.05) is 5.32 Å². The highest BCUT2D eigenvalue weighted by Crippen LogP contribution is 2.12. The molecule has 0 heterocycles. The third kappa shape index (κ3) is 3.49. The maximum atomic E-state index is 10.1. The lowest BCUT2D eigenvalue weighted by Crippen LogP contribution is -2.55. The number of hydrogen-bond acceptors (Lipinski definition) is 5. The van der Waals surface area contributed by atoms with Crippen LogP contribution in [0.1, 0.15) is 12.8 Å². The van der Waals surface area contributed by atoms with Gasteiger partial charge in [0.15, 0.2) is 5.72 Å². The lowest BCUT2D eigenvalue weighted by molar-refractivity contribution is -0.140. The van der Waals surface area contributed by atoms with Crippen molar-refractivity contribution in [3.8, 4) is 0 Å². The highest BCUT2D eigenvalue weighted by Gasteiger charge is 2.34. The first-order valence-electron chi connectivity index (χ1n) is 3.77. The standard InChI is InChI=1S/C7H13NO5/c9-3-1-2-7(13,8-5-11)6(12)4-10/h3,5-6,10,12-13H,1-2,4H2,(H,8,11)/t6-,7+/m1/s1. The summed E-state index contributed by atoms with van der Waals surface area (Å²) in [4.78, 5) is 20.0. The summed E-state index contributed by atoms with van der Waals surface area (Å²) in [6, 6.07) is 0. The minimum atomic E-state index is -1.93. The molecule has 0 saturated heterocycles. The van der Waals surface area contributed by atoms with Gasteiger partial charge in [0.1, 0.15) is 12.4 Å². The molecule has 0 radical (unpaired) electrons. The van der Waals surface area contributed by atoms with Crippen molar-refractivity contribution in [3.63, 3.8) is 0 Å². The Morgan fingerprint density at radius 2 is 2.08 bits per heavy atom. The summed E-state index contributed by atoms with van der Waals surface area (Å²) in [6.07, 6.45) is -0.922. The van der Waals surface area contributed by atoms with Crippen LogP contribution in [0.5, 0.6) is 0 Å². The van der Waals surface area contributed by atoms with Crippen LogP contribution in [-0.4, -0.2) is 46.5 Å². The van der Waals surface area contributed by atoms with Gasteiger partial charge in [0, 0.05) is 12.8 Å². The molecule has 2 atom stereocenters. The third-order valence-electron chi connectivity index (χ3n) is 1.68. The van der Waals surface area contributed by atoms with Gasteiger partial charge >= 0.3 is 0 Å². The smallest absolute Gasteiger partial charge is 0.209 e. The van der Waals surface area contributed by atoms with Crippen molar-refractivity contribution < 1.29 is 24.9 Å². The molecule has 4 N–H and O–H groups in total. The molecule has 0 rings (SSSR count). The van der Waals surface area contributed by atoms with Crippen LogP contribution in [0, 0.1) is 0 Å². The fourth-order valence-electron chi connectivity index (χ4n) is 0.867. The molecule has 0 unspecified atom stereocenters. The predicted octanol–water partition coefficient (Wildman–Crippen LogP) is -2.25. The van der Waals surface area contributed by atoms with Gasteiger partial charge in [0.2, 0.25) is 6.41 Å². The lowest BCUT2D eigenvalue weighted by atomic mass is 10.0. The van der Waals surface area contributed by atoms with Gasteiger partial charge in [-0.3, -0.25) is 4.79 Å². The van der Waals surface area contributed by atoms with E-state index < -0.39 is 18.4 Å². The van der Waals surface area contributed by atoms with E-state index in [2.05, 4.69) is 0 Å². The van der Waals surface area contributed by atoms with E-state index in [-0.39, 0.29) is 19.3 Å². The number of carbonyl (C=O) groups excluding carboxylic acids is 2. The summed E-state index contributed by atoms with van der Waals surface area (Å²) in [5, 5.41) is 29.1. The average Bonchev–Trinajstić information content (AvgIpc) is 2.14. The highest BCUT2D eigenvalue weighted by molar-refractivity contribution is 5.51. The molecule has 0 aliphatic carbocycles. The van der Waals surface area contributed by atoms with E-state index in [1.54, 1.807) is 0 Å². The number of hydrogen-bond donors (Lipinski definition) is 4. The van der Waals surface area contributed by atoms with Crippen LogP contribution in [0.4, 0.5) is 0 Å². The largest absolute Gasteiger partial charge is 0.393 e. The number of aliphatic hydroxyl groups excluding tert-OH is 2. The average molecular weight is 191 g/mol. The van der Waals surface area contributed by atoms with Gasteiger partial charge in [-0.1, -0.05) is 0 Å². The second-order valence-corrected chi connectivity index (χ2v) is 2.59. The van der Waals surface area contributed by atoms with Crippen LogP contribution in [0.3, 0.4) is 0 Å². The summed E-state index contributed by atoms with van der Waals surface area (Å²) in [5.74, 6) is 0. The zero-order valence-electron chi connectivity index (χ0n) is 7.01. The Balaban J connectivity index is 4.30. The van der Waals surface area contributed by atoms with Crippen molar-refractivity contribution in [1.29, 1.82) is 0 Å². The Morgan fingerprint density at radius 3 is 2.46 bits per heavy atom. The lowest BCUT2D eigenvalue weighted by Gasteiger charge is -2.30. The number of amides is 1. The predicted molar refractivity (Wildman–Crippen MR) is 42.5 cm³/mol.